The Morgan fingerprint density at radius 3 is 2.71 bits per heavy atom. The van der Waals surface area contributed by atoms with Crippen molar-refractivity contribution in [2.75, 3.05) is 13.2 Å². The molecule has 0 heterocycles. The van der Waals surface area contributed by atoms with Gasteiger partial charge in [-0.1, -0.05) is 6.07 Å². The predicted molar refractivity (Wildman–Crippen MR) is 63.2 cm³/mol. The molecule has 0 atom stereocenters. The third-order valence-corrected chi connectivity index (χ3v) is 2.17. The number of halogens is 1. The summed E-state index contributed by atoms with van der Waals surface area (Å²) in [6, 6.07) is 5.51. The third-order valence-electron chi connectivity index (χ3n) is 2.17. The molecule has 0 aromatic heterocycles. The molecule has 1 aromatic carbocycles. The summed E-state index contributed by atoms with van der Waals surface area (Å²) in [6.07, 6.45) is 0. The maximum atomic E-state index is 12.9. The first-order valence-corrected chi connectivity index (χ1v) is 5.65. The molecule has 1 rings (SSSR count). The molecular weight excluding hydrogens is 221 g/mol. The maximum Gasteiger partial charge on any atom is 0.338 e. The highest BCUT2D eigenvalue weighted by molar-refractivity contribution is 5.89. The van der Waals surface area contributed by atoms with Gasteiger partial charge in [0.15, 0.2) is 0 Å². The molecule has 2 N–H and O–H groups in total. The quantitative estimate of drug-likeness (QED) is 0.637. The maximum absolute atomic E-state index is 12.9. The van der Waals surface area contributed by atoms with E-state index in [9.17, 15) is 9.18 Å². The Kier molecular flexibility index (Phi) is 4.63. The van der Waals surface area contributed by atoms with E-state index < -0.39 is 11.8 Å². The second-order valence-corrected chi connectivity index (χ2v) is 5.01. The predicted octanol–water partition coefficient (Wildman–Crippen LogP) is 1.34. The van der Waals surface area contributed by atoms with Crippen molar-refractivity contribution < 1.29 is 19.2 Å². The average molecular weight is 240 g/mol. The van der Waals surface area contributed by atoms with Crippen LogP contribution >= 0.6 is 0 Å². The zero-order valence-corrected chi connectivity index (χ0v) is 10.5. The Labute approximate surface area is 101 Å². The molecule has 0 saturated carbocycles. The Morgan fingerprint density at radius 2 is 2.12 bits per heavy atom. The van der Waals surface area contributed by atoms with E-state index in [2.05, 4.69) is 26.1 Å². The lowest BCUT2D eigenvalue weighted by Crippen LogP contribution is -2.95. The second-order valence-electron chi connectivity index (χ2n) is 5.01. The molecule has 4 heteroatoms. The van der Waals surface area contributed by atoms with Crippen LogP contribution in [0.2, 0.25) is 0 Å². The largest absolute Gasteiger partial charge is 0.456 e. The molecule has 0 aliphatic rings. The van der Waals surface area contributed by atoms with Crippen LogP contribution in [-0.4, -0.2) is 24.7 Å². The van der Waals surface area contributed by atoms with Crippen molar-refractivity contribution in [1.29, 1.82) is 0 Å². The van der Waals surface area contributed by atoms with Crippen molar-refractivity contribution in [2.24, 2.45) is 0 Å². The SMILES string of the molecule is CC(C)(C)[NH2+]CCOC(=O)c1cccc(F)c1. The monoisotopic (exact) mass is 240 g/mol. The Bertz CT molecular complexity index is 385. The molecule has 3 nitrogen and oxygen atoms in total. The molecule has 0 aliphatic heterocycles. The van der Waals surface area contributed by atoms with Crippen LogP contribution in [0.15, 0.2) is 24.3 Å². The molecule has 94 valence electrons. The topological polar surface area (TPSA) is 42.9 Å². The molecule has 1 aromatic rings. The summed E-state index contributed by atoms with van der Waals surface area (Å²) in [7, 11) is 0. The number of benzene rings is 1. The van der Waals surface area contributed by atoms with Gasteiger partial charge in [0.1, 0.15) is 19.0 Å². The number of quaternary nitrogens is 1. The molecule has 0 unspecified atom stereocenters. The fourth-order valence-corrected chi connectivity index (χ4v) is 1.34. The van der Waals surface area contributed by atoms with E-state index in [1.54, 1.807) is 6.07 Å². The van der Waals surface area contributed by atoms with Gasteiger partial charge < -0.3 is 10.1 Å². The van der Waals surface area contributed by atoms with E-state index in [4.69, 9.17) is 4.74 Å². The molecule has 0 bridgehead atoms. The average Bonchev–Trinajstić information content (AvgIpc) is 2.23. The lowest BCUT2D eigenvalue weighted by Gasteiger charge is -2.16. The lowest BCUT2D eigenvalue weighted by atomic mass is 10.1. The molecule has 0 fully saturated rings. The van der Waals surface area contributed by atoms with E-state index in [1.807, 2.05) is 0 Å². The number of esters is 1. The van der Waals surface area contributed by atoms with Crippen LogP contribution in [0.25, 0.3) is 0 Å². The number of nitrogens with two attached hydrogens (primary N) is 1. The molecular formula is C13H19FNO2+. The van der Waals surface area contributed by atoms with E-state index >= 15 is 0 Å². The van der Waals surface area contributed by atoms with Gasteiger partial charge in [0.2, 0.25) is 0 Å². The fraction of sp³-hybridized carbons (Fsp3) is 0.462. The number of ether oxygens (including phenoxy) is 1. The summed E-state index contributed by atoms with van der Waals surface area (Å²) >= 11 is 0. The van der Waals surface area contributed by atoms with Crippen LogP contribution in [-0.2, 0) is 4.74 Å². The summed E-state index contributed by atoms with van der Waals surface area (Å²) < 4.78 is 17.9. The van der Waals surface area contributed by atoms with Gasteiger partial charge in [-0.05, 0) is 39.0 Å². The number of carbonyl (C=O) groups excluding carboxylic acids is 1. The van der Waals surface area contributed by atoms with Crippen molar-refractivity contribution in [3.05, 3.63) is 35.6 Å². The lowest BCUT2D eigenvalue weighted by molar-refractivity contribution is -0.717. The zero-order chi connectivity index (χ0) is 12.9. The van der Waals surface area contributed by atoms with Crippen LogP contribution < -0.4 is 5.32 Å². The summed E-state index contributed by atoms with van der Waals surface area (Å²) in [5.74, 6) is -0.910. The van der Waals surface area contributed by atoms with E-state index in [-0.39, 0.29) is 11.1 Å². The van der Waals surface area contributed by atoms with Crippen LogP contribution in [0.3, 0.4) is 0 Å². The Morgan fingerprint density at radius 1 is 1.41 bits per heavy atom. The summed E-state index contributed by atoms with van der Waals surface area (Å²) in [6.45, 7) is 7.28. The first kappa shape index (κ1) is 13.6. The van der Waals surface area contributed by atoms with Gasteiger partial charge in [0, 0.05) is 0 Å². The zero-order valence-electron chi connectivity index (χ0n) is 10.5. The molecule has 0 saturated heterocycles. The minimum Gasteiger partial charge on any atom is -0.456 e. The Balaban J connectivity index is 2.36. The summed E-state index contributed by atoms with van der Waals surface area (Å²) in [4.78, 5) is 11.5. The second kappa shape index (κ2) is 5.77. The fourth-order valence-electron chi connectivity index (χ4n) is 1.34. The van der Waals surface area contributed by atoms with Crippen molar-refractivity contribution in [2.45, 2.75) is 26.3 Å². The van der Waals surface area contributed by atoms with Gasteiger partial charge in [-0.25, -0.2) is 9.18 Å². The normalized spacial score (nSPS) is 11.3. The summed E-state index contributed by atoms with van der Waals surface area (Å²) in [5, 5.41) is 2.09. The van der Waals surface area contributed by atoms with Crippen molar-refractivity contribution in [1.82, 2.24) is 0 Å². The minimum absolute atomic E-state index is 0.116. The first-order valence-electron chi connectivity index (χ1n) is 5.65. The van der Waals surface area contributed by atoms with Crippen LogP contribution in [0.1, 0.15) is 31.1 Å². The number of hydrogen-bond acceptors (Lipinski definition) is 2. The molecule has 0 aliphatic carbocycles. The number of rotatable bonds is 4. The van der Waals surface area contributed by atoms with Gasteiger partial charge >= 0.3 is 5.97 Å². The smallest absolute Gasteiger partial charge is 0.338 e. The first-order chi connectivity index (χ1) is 7.88. The molecule has 17 heavy (non-hydrogen) atoms. The third kappa shape index (κ3) is 5.45. The van der Waals surface area contributed by atoms with Gasteiger partial charge in [0.25, 0.3) is 0 Å². The standard InChI is InChI=1S/C13H18FNO2/c1-13(2,3)15-7-8-17-12(16)10-5-4-6-11(14)9-10/h4-6,9,15H,7-8H2,1-3H3/p+1. The van der Waals surface area contributed by atoms with E-state index in [0.717, 1.165) is 0 Å². The number of hydrogen-bond donors (Lipinski definition) is 1. The highest BCUT2D eigenvalue weighted by Gasteiger charge is 2.13. The van der Waals surface area contributed by atoms with Gasteiger partial charge in [-0.3, -0.25) is 0 Å². The van der Waals surface area contributed by atoms with Gasteiger partial charge in [-0.15, -0.1) is 0 Å². The Hall–Kier alpha value is -1.42. The van der Waals surface area contributed by atoms with Crippen LogP contribution in [0.4, 0.5) is 4.39 Å². The van der Waals surface area contributed by atoms with E-state index in [0.29, 0.717) is 13.2 Å². The molecule has 0 radical (unpaired) electrons. The minimum atomic E-state index is -0.480. The van der Waals surface area contributed by atoms with Crippen molar-refractivity contribution in [3.63, 3.8) is 0 Å². The molecule has 0 spiro atoms. The number of carbonyl (C=O) groups is 1. The van der Waals surface area contributed by atoms with Gasteiger partial charge in [-0.2, -0.15) is 0 Å². The van der Waals surface area contributed by atoms with Crippen molar-refractivity contribution >= 4 is 5.97 Å². The van der Waals surface area contributed by atoms with Crippen LogP contribution in [0.5, 0.6) is 0 Å². The van der Waals surface area contributed by atoms with Crippen LogP contribution in [0, 0.1) is 5.82 Å². The van der Waals surface area contributed by atoms with E-state index in [1.165, 1.54) is 18.2 Å². The van der Waals surface area contributed by atoms with Gasteiger partial charge in [0.05, 0.1) is 11.1 Å². The molecule has 0 amide bonds. The highest BCUT2D eigenvalue weighted by atomic mass is 19.1. The van der Waals surface area contributed by atoms with Crippen molar-refractivity contribution in [3.8, 4) is 0 Å². The highest BCUT2D eigenvalue weighted by Crippen LogP contribution is 2.04. The summed E-state index contributed by atoms with van der Waals surface area (Å²) in [5.41, 5.74) is 0.367.